The van der Waals surface area contributed by atoms with Gasteiger partial charge < -0.3 is 5.73 Å². The van der Waals surface area contributed by atoms with Gasteiger partial charge in [-0.3, -0.25) is 0 Å². The van der Waals surface area contributed by atoms with Crippen LogP contribution < -0.4 is 5.73 Å². The van der Waals surface area contributed by atoms with E-state index in [1.165, 1.54) is 0 Å². The molecule has 0 aromatic heterocycles. The van der Waals surface area contributed by atoms with E-state index in [1.54, 1.807) is 6.92 Å². The van der Waals surface area contributed by atoms with Crippen molar-refractivity contribution in [2.24, 2.45) is 5.73 Å². The summed E-state index contributed by atoms with van der Waals surface area (Å²) in [7, 11) is 0. The lowest BCUT2D eigenvalue weighted by Gasteiger charge is -1.78. The Morgan fingerprint density at radius 1 is 2.50 bits per heavy atom. The number of halogens is 1. The van der Waals surface area contributed by atoms with Gasteiger partial charge in [0.25, 0.3) is 0 Å². The standard InChI is InChI=1S/C2H6IN/c1-2(3)4/h2H,4H2,1H3/i2T. The first-order chi connectivity index (χ1) is 2.00. The van der Waals surface area contributed by atoms with E-state index < -0.39 is 4.02 Å². The molecule has 0 aliphatic carbocycles. The molecule has 4 heavy (non-hydrogen) atoms. The lowest BCUT2D eigenvalue weighted by molar-refractivity contribution is 1.09. The molecule has 0 fully saturated rings. The summed E-state index contributed by atoms with van der Waals surface area (Å²) < 4.78 is 5.92. The van der Waals surface area contributed by atoms with Gasteiger partial charge in [0.15, 0.2) is 0 Å². The molecular weight excluding hydrogens is 165 g/mol. The Hall–Kier alpha value is 0.690. The fourth-order valence-corrected chi connectivity index (χ4v) is 0. The van der Waals surface area contributed by atoms with E-state index >= 15 is 0 Å². The maximum Gasteiger partial charge on any atom is 0.0574 e. The third-order valence-corrected chi connectivity index (χ3v) is 0. The van der Waals surface area contributed by atoms with Gasteiger partial charge in [-0.1, -0.05) is 22.6 Å². The Kier molecular flexibility index (Phi) is 1.42. The van der Waals surface area contributed by atoms with E-state index in [-0.39, 0.29) is 0 Å². The summed E-state index contributed by atoms with van der Waals surface area (Å²) in [6.07, 6.45) is 0. The molecule has 0 heterocycles. The minimum atomic E-state index is -0.780. The van der Waals surface area contributed by atoms with Crippen molar-refractivity contribution < 1.29 is 1.37 Å². The number of alkyl halides is 1. The van der Waals surface area contributed by atoms with Crippen LogP contribution in [-0.4, -0.2) is 4.02 Å². The molecule has 26 valence electrons. The first kappa shape index (κ1) is 2.90. The lowest BCUT2D eigenvalue weighted by atomic mass is 10.8. The number of rotatable bonds is 0. The topological polar surface area (TPSA) is 26.0 Å². The van der Waals surface area contributed by atoms with Gasteiger partial charge in [0.1, 0.15) is 0 Å². The zero-order valence-electron chi connectivity index (χ0n) is 3.46. The van der Waals surface area contributed by atoms with Crippen molar-refractivity contribution in [1.82, 2.24) is 0 Å². The largest absolute Gasteiger partial charge is 0.320 e. The Labute approximate surface area is 41.1 Å². The van der Waals surface area contributed by atoms with Crippen LogP contribution in [0.3, 0.4) is 0 Å². The maximum atomic E-state index is 6.70. The third-order valence-electron chi connectivity index (χ3n) is 0. The molecule has 0 saturated carbocycles. The molecule has 2 N–H and O–H groups in total. The summed E-state index contributed by atoms with van der Waals surface area (Å²) in [5.74, 6) is 0. The molecule has 0 aliphatic rings. The second-order valence-electron chi connectivity index (χ2n) is 0.587. The number of hydrogen-bond donors (Lipinski definition) is 1. The summed E-state index contributed by atoms with van der Waals surface area (Å²) in [5, 5.41) is 0. The molecule has 0 aliphatic heterocycles. The van der Waals surface area contributed by atoms with Gasteiger partial charge in [0.05, 0.1) is 5.40 Å². The Morgan fingerprint density at radius 2 is 2.50 bits per heavy atom. The summed E-state index contributed by atoms with van der Waals surface area (Å²) in [4.78, 5) is 0. The van der Waals surface area contributed by atoms with Crippen LogP contribution in [0.2, 0.25) is 0 Å². The van der Waals surface area contributed by atoms with E-state index in [4.69, 9.17) is 7.10 Å². The van der Waals surface area contributed by atoms with Gasteiger partial charge >= 0.3 is 0 Å². The van der Waals surface area contributed by atoms with Crippen LogP contribution in [0.4, 0.5) is 0 Å². The first-order valence-corrected chi connectivity index (χ1v) is 2.06. The highest BCUT2D eigenvalue weighted by atomic mass is 127. The van der Waals surface area contributed by atoms with Crippen molar-refractivity contribution in [1.29, 1.82) is 0 Å². The molecule has 0 bridgehead atoms. The quantitative estimate of drug-likeness (QED) is 0.326. The molecule has 0 saturated heterocycles. The van der Waals surface area contributed by atoms with Crippen molar-refractivity contribution in [3.05, 3.63) is 0 Å². The van der Waals surface area contributed by atoms with Crippen LogP contribution in [0.1, 0.15) is 8.29 Å². The zero-order chi connectivity index (χ0) is 4.50. The fourth-order valence-electron chi connectivity index (χ4n) is 0. The Morgan fingerprint density at radius 3 is 2.50 bits per heavy atom. The summed E-state index contributed by atoms with van der Waals surface area (Å²) in [6.45, 7) is 1.62. The maximum absolute atomic E-state index is 6.70. The molecule has 0 spiro atoms. The Balaban J connectivity index is 3.02. The smallest absolute Gasteiger partial charge is 0.0574 e. The molecule has 1 unspecified atom stereocenters. The molecule has 0 aromatic carbocycles. The average Bonchev–Trinajstić information content (AvgIpc) is 0.722. The van der Waals surface area contributed by atoms with Crippen LogP contribution in [-0.2, 0) is 0 Å². The predicted octanol–water partition coefficient (Wildman–Crippen LogP) is 0.726. The van der Waals surface area contributed by atoms with Crippen LogP contribution in [0, 0.1) is 0 Å². The van der Waals surface area contributed by atoms with Crippen LogP contribution >= 0.6 is 22.6 Å². The van der Waals surface area contributed by atoms with Gasteiger partial charge in [-0.2, -0.15) is 0 Å². The molecule has 2 heteroatoms. The first-order valence-electron chi connectivity index (χ1n) is 1.48. The summed E-state index contributed by atoms with van der Waals surface area (Å²) >= 11 is 1.82. The van der Waals surface area contributed by atoms with Crippen molar-refractivity contribution >= 4 is 22.6 Å². The molecule has 0 radical (unpaired) electrons. The normalized spacial score (nSPS) is 27.2. The lowest BCUT2D eigenvalue weighted by Crippen LogP contribution is -2.02. The molecule has 1 atom stereocenters. The average molecular weight is 173 g/mol. The molecule has 0 amide bonds. The van der Waals surface area contributed by atoms with E-state index in [9.17, 15) is 0 Å². The predicted molar refractivity (Wildman–Crippen MR) is 27.7 cm³/mol. The number of nitrogens with two attached hydrogens (primary N) is 1. The second kappa shape index (κ2) is 1.96. The minimum Gasteiger partial charge on any atom is -0.320 e. The van der Waals surface area contributed by atoms with Crippen molar-refractivity contribution in [3.8, 4) is 0 Å². The molecule has 1 nitrogen and oxygen atoms in total. The van der Waals surface area contributed by atoms with Gasteiger partial charge in [0, 0.05) is 0 Å². The highest BCUT2D eigenvalue weighted by molar-refractivity contribution is 14.1. The SMILES string of the molecule is [3H]C(C)(N)I. The van der Waals surface area contributed by atoms with Gasteiger partial charge in [-0.15, -0.1) is 0 Å². The number of hydrogen-bond acceptors (Lipinski definition) is 1. The Bertz CT molecular complexity index is 25.1. The minimum absolute atomic E-state index is 0.780. The fraction of sp³-hybridized carbons (Fsp3) is 1.00. The van der Waals surface area contributed by atoms with Crippen molar-refractivity contribution in [3.63, 3.8) is 0 Å². The van der Waals surface area contributed by atoms with Crippen LogP contribution in [0.5, 0.6) is 0 Å². The van der Waals surface area contributed by atoms with E-state index in [0.29, 0.717) is 0 Å². The van der Waals surface area contributed by atoms with Crippen molar-refractivity contribution in [2.75, 3.05) is 0 Å². The van der Waals surface area contributed by atoms with E-state index in [1.807, 2.05) is 22.6 Å². The molecular formula is C2H6IN. The summed E-state index contributed by atoms with van der Waals surface area (Å²) in [5.41, 5.74) is 5.01. The van der Waals surface area contributed by atoms with Crippen molar-refractivity contribution in [2.45, 2.75) is 10.9 Å². The second-order valence-corrected chi connectivity index (χ2v) is 2.29. The zero-order valence-corrected chi connectivity index (χ0v) is 4.61. The highest BCUT2D eigenvalue weighted by Crippen LogP contribution is 1.82. The molecule has 0 rings (SSSR count). The van der Waals surface area contributed by atoms with Gasteiger partial charge in [-0.05, 0) is 6.92 Å². The third kappa shape index (κ3) is 16.1. The van der Waals surface area contributed by atoms with Gasteiger partial charge in [0.2, 0.25) is 0 Å². The monoisotopic (exact) mass is 173 g/mol. The highest BCUT2D eigenvalue weighted by Gasteiger charge is 1.70. The summed E-state index contributed by atoms with van der Waals surface area (Å²) in [6, 6.07) is 0. The van der Waals surface area contributed by atoms with Crippen LogP contribution in [0.15, 0.2) is 0 Å². The van der Waals surface area contributed by atoms with Crippen LogP contribution in [0.25, 0.3) is 0 Å². The molecule has 0 aromatic rings. The van der Waals surface area contributed by atoms with Gasteiger partial charge in [-0.25, -0.2) is 0 Å². The van der Waals surface area contributed by atoms with E-state index in [0.717, 1.165) is 0 Å². The van der Waals surface area contributed by atoms with E-state index in [2.05, 4.69) is 0 Å².